The molecule has 1 unspecified atom stereocenters. The summed E-state index contributed by atoms with van der Waals surface area (Å²) in [6, 6.07) is 10.1. The maximum Gasteiger partial charge on any atom is 0.0681 e. The number of nitrogens with zero attached hydrogens (tertiary/aromatic N) is 1. The Hall–Kier alpha value is -1.58. The van der Waals surface area contributed by atoms with Crippen molar-refractivity contribution >= 4 is 0 Å². The number of benzene rings is 1. The van der Waals surface area contributed by atoms with Gasteiger partial charge in [-0.05, 0) is 29.7 Å². The number of aliphatic hydroxyl groups excluding tert-OH is 1. The van der Waals surface area contributed by atoms with Crippen LogP contribution < -0.4 is 5.73 Å². The van der Waals surface area contributed by atoms with Crippen molar-refractivity contribution in [1.82, 2.24) is 4.57 Å². The fourth-order valence-electron chi connectivity index (χ4n) is 1.79. The van der Waals surface area contributed by atoms with E-state index in [0.29, 0.717) is 0 Å². The molecule has 3 nitrogen and oxygen atoms in total. The summed E-state index contributed by atoms with van der Waals surface area (Å²) in [5, 5.41) is 8.96. The van der Waals surface area contributed by atoms with Crippen molar-refractivity contribution < 1.29 is 5.11 Å². The van der Waals surface area contributed by atoms with Gasteiger partial charge in [-0.25, -0.2) is 0 Å². The fourth-order valence-corrected chi connectivity index (χ4v) is 1.79. The summed E-state index contributed by atoms with van der Waals surface area (Å²) in [4.78, 5) is 0. The number of nitrogens with two attached hydrogens (primary N) is 1. The van der Waals surface area contributed by atoms with Gasteiger partial charge in [0.15, 0.2) is 0 Å². The third-order valence-corrected chi connectivity index (χ3v) is 2.87. The molecule has 2 rings (SSSR count). The molecule has 17 heavy (non-hydrogen) atoms. The molecule has 0 bridgehead atoms. The summed E-state index contributed by atoms with van der Waals surface area (Å²) < 4.78 is 2.12. The second-order valence-corrected chi connectivity index (χ2v) is 4.38. The molecule has 0 aliphatic rings. The van der Waals surface area contributed by atoms with Gasteiger partial charge in [0.25, 0.3) is 0 Å². The molecule has 0 saturated carbocycles. The van der Waals surface area contributed by atoms with Gasteiger partial charge in [-0.15, -0.1) is 0 Å². The zero-order chi connectivity index (χ0) is 12.3. The first kappa shape index (κ1) is 11.9. The van der Waals surface area contributed by atoms with Gasteiger partial charge in [-0.2, -0.15) is 0 Å². The lowest BCUT2D eigenvalue weighted by atomic mass is 10.1. The van der Waals surface area contributed by atoms with Gasteiger partial charge in [0.1, 0.15) is 0 Å². The van der Waals surface area contributed by atoms with Crippen LogP contribution in [-0.2, 0) is 13.2 Å². The Balaban J connectivity index is 2.08. The minimum absolute atomic E-state index is 0.0769. The first-order valence-electron chi connectivity index (χ1n) is 5.79. The minimum atomic E-state index is 0.0769. The smallest absolute Gasteiger partial charge is 0.0681 e. The zero-order valence-electron chi connectivity index (χ0n) is 10.0. The summed E-state index contributed by atoms with van der Waals surface area (Å²) in [6.07, 6.45) is 4.11. The van der Waals surface area contributed by atoms with Crippen molar-refractivity contribution in [2.45, 2.75) is 26.1 Å². The third-order valence-electron chi connectivity index (χ3n) is 2.87. The van der Waals surface area contributed by atoms with E-state index in [2.05, 4.69) is 10.8 Å². The largest absolute Gasteiger partial charge is 0.392 e. The van der Waals surface area contributed by atoms with Crippen LogP contribution in [0.25, 0.3) is 0 Å². The van der Waals surface area contributed by atoms with Crippen molar-refractivity contribution in [3.05, 3.63) is 59.4 Å². The Morgan fingerprint density at radius 3 is 2.35 bits per heavy atom. The monoisotopic (exact) mass is 230 g/mol. The van der Waals surface area contributed by atoms with Crippen LogP contribution in [0.3, 0.4) is 0 Å². The van der Waals surface area contributed by atoms with E-state index in [1.165, 1.54) is 5.56 Å². The normalized spacial score (nSPS) is 12.6. The highest BCUT2D eigenvalue weighted by Gasteiger charge is 2.02. The third kappa shape index (κ3) is 2.96. The second-order valence-electron chi connectivity index (χ2n) is 4.38. The average Bonchev–Trinajstić information content (AvgIpc) is 2.79. The first-order chi connectivity index (χ1) is 8.19. The van der Waals surface area contributed by atoms with Crippen LogP contribution in [0.2, 0.25) is 0 Å². The quantitative estimate of drug-likeness (QED) is 0.844. The predicted molar refractivity (Wildman–Crippen MR) is 68.5 cm³/mol. The highest BCUT2D eigenvalue weighted by Crippen LogP contribution is 2.12. The molecule has 1 heterocycles. The van der Waals surface area contributed by atoms with Gasteiger partial charge < -0.3 is 15.4 Å². The van der Waals surface area contributed by atoms with E-state index in [4.69, 9.17) is 10.8 Å². The molecule has 0 saturated heterocycles. The summed E-state index contributed by atoms with van der Waals surface area (Å²) in [5.74, 6) is 0. The van der Waals surface area contributed by atoms with Crippen LogP contribution in [0.15, 0.2) is 42.7 Å². The molecule has 0 amide bonds. The Morgan fingerprint density at radius 1 is 1.18 bits per heavy atom. The Morgan fingerprint density at radius 2 is 1.82 bits per heavy atom. The molecule has 0 aliphatic heterocycles. The predicted octanol–water partition coefficient (Wildman–Crippen LogP) is 2.05. The molecule has 0 fully saturated rings. The van der Waals surface area contributed by atoms with Crippen molar-refractivity contribution in [3.8, 4) is 0 Å². The standard InChI is InChI=1S/C14H18N2O/c1-11(15)14-6-7-16(9-14)8-12-2-4-13(10-17)5-3-12/h2-7,9,11,17H,8,10,15H2,1H3. The van der Waals surface area contributed by atoms with Crippen LogP contribution >= 0.6 is 0 Å². The number of aliphatic hydroxyl groups is 1. The highest BCUT2D eigenvalue weighted by atomic mass is 16.3. The Labute approximate surface area is 102 Å². The Bertz CT molecular complexity index is 471. The lowest BCUT2D eigenvalue weighted by Gasteiger charge is -2.05. The van der Waals surface area contributed by atoms with Crippen LogP contribution in [0, 0.1) is 0 Å². The second kappa shape index (κ2) is 5.17. The molecule has 1 aromatic carbocycles. The molecule has 3 heteroatoms. The molecular weight excluding hydrogens is 212 g/mol. The zero-order valence-corrected chi connectivity index (χ0v) is 10.0. The molecule has 1 aromatic heterocycles. The van der Waals surface area contributed by atoms with Crippen LogP contribution in [-0.4, -0.2) is 9.67 Å². The molecule has 0 spiro atoms. The number of aromatic nitrogens is 1. The SMILES string of the molecule is CC(N)c1ccn(Cc2ccc(CO)cc2)c1. The van der Waals surface area contributed by atoms with Gasteiger partial charge in [-0.1, -0.05) is 24.3 Å². The topological polar surface area (TPSA) is 51.2 Å². The summed E-state index contributed by atoms with van der Waals surface area (Å²) in [5.41, 5.74) is 9.13. The van der Waals surface area contributed by atoms with E-state index in [1.54, 1.807) is 0 Å². The average molecular weight is 230 g/mol. The van der Waals surface area contributed by atoms with Crippen molar-refractivity contribution in [2.24, 2.45) is 5.73 Å². The van der Waals surface area contributed by atoms with Gasteiger partial charge in [0.2, 0.25) is 0 Å². The maximum atomic E-state index is 8.96. The molecular formula is C14H18N2O. The van der Waals surface area contributed by atoms with Gasteiger partial charge >= 0.3 is 0 Å². The lowest BCUT2D eigenvalue weighted by molar-refractivity contribution is 0.282. The van der Waals surface area contributed by atoms with E-state index >= 15 is 0 Å². The van der Waals surface area contributed by atoms with Gasteiger partial charge in [0.05, 0.1) is 6.61 Å². The summed E-state index contributed by atoms with van der Waals surface area (Å²) >= 11 is 0. The van der Waals surface area contributed by atoms with E-state index in [-0.39, 0.29) is 12.6 Å². The molecule has 0 radical (unpaired) electrons. The van der Waals surface area contributed by atoms with Crippen LogP contribution in [0.5, 0.6) is 0 Å². The molecule has 3 N–H and O–H groups in total. The van der Waals surface area contributed by atoms with Gasteiger partial charge in [0, 0.05) is 25.0 Å². The fraction of sp³-hybridized carbons (Fsp3) is 0.286. The van der Waals surface area contributed by atoms with E-state index in [0.717, 1.165) is 17.7 Å². The lowest BCUT2D eigenvalue weighted by Crippen LogP contribution is -2.04. The van der Waals surface area contributed by atoms with Crippen molar-refractivity contribution in [1.29, 1.82) is 0 Å². The summed E-state index contributed by atoms with van der Waals surface area (Å²) in [7, 11) is 0. The van der Waals surface area contributed by atoms with E-state index in [9.17, 15) is 0 Å². The number of hydrogen-bond acceptors (Lipinski definition) is 2. The van der Waals surface area contributed by atoms with Crippen molar-refractivity contribution in [2.75, 3.05) is 0 Å². The molecule has 0 aliphatic carbocycles. The molecule has 2 aromatic rings. The number of hydrogen-bond donors (Lipinski definition) is 2. The molecule has 90 valence electrons. The van der Waals surface area contributed by atoms with E-state index in [1.807, 2.05) is 43.5 Å². The van der Waals surface area contributed by atoms with E-state index < -0.39 is 0 Å². The van der Waals surface area contributed by atoms with Crippen LogP contribution in [0.4, 0.5) is 0 Å². The minimum Gasteiger partial charge on any atom is -0.392 e. The first-order valence-corrected chi connectivity index (χ1v) is 5.79. The number of rotatable bonds is 4. The van der Waals surface area contributed by atoms with Gasteiger partial charge in [-0.3, -0.25) is 0 Å². The highest BCUT2D eigenvalue weighted by molar-refractivity contribution is 5.23. The summed E-state index contributed by atoms with van der Waals surface area (Å²) in [6.45, 7) is 2.91. The molecule has 1 atom stereocenters. The van der Waals surface area contributed by atoms with Crippen LogP contribution in [0.1, 0.15) is 29.7 Å². The van der Waals surface area contributed by atoms with Crippen molar-refractivity contribution in [3.63, 3.8) is 0 Å². The Kier molecular flexibility index (Phi) is 3.61. The maximum absolute atomic E-state index is 8.96.